The van der Waals surface area contributed by atoms with E-state index in [0.29, 0.717) is 12.3 Å². The summed E-state index contributed by atoms with van der Waals surface area (Å²) in [5, 5.41) is 15.0. The molecule has 0 saturated heterocycles. The van der Waals surface area contributed by atoms with Gasteiger partial charge in [-0.15, -0.1) is 0 Å². The molecule has 1 aromatic rings. The van der Waals surface area contributed by atoms with Crippen LogP contribution in [0.4, 0.5) is 0 Å². The lowest BCUT2D eigenvalue weighted by atomic mass is 10.0. The van der Waals surface area contributed by atoms with E-state index in [1.165, 1.54) is 7.11 Å². The molecular weight excluding hydrogens is 352 g/mol. The van der Waals surface area contributed by atoms with Crippen LogP contribution in [0.5, 0.6) is 5.75 Å². The third-order valence-corrected chi connectivity index (χ3v) is 4.12. The van der Waals surface area contributed by atoms with Crippen LogP contribution in [-0.4, -0.2) is 62.6 Å². The van der Waals surface area contributed by atoms with Crippen molar-refractivity contribution in [1.29, 1.82) is 0 Å². The van der Waals surface area contributed by atoms with Crippen molar-refractivity contribution in [1.82, 2.24) is 10.6 Å². The highest BCUT2D eigenvalue weighted by Gasteiger charge is 2.28. The van der Waals surface area contributed by atoms with Crippen LogP contribution in [0.1, 0.15) is 12.0 Å². The number of methoxy groups -OCH3 is 2. The first-order chi connectivity index (χ1) is 13.1. The van der Waals surface area contributed by atoms with Crippen molar-refractivity contribution in [2.75, 3.05) is 27.4 Å². The molecule has 1 aliphatic heterocycles. The fraction of sp³-hybridized carbons (Fsp3) is 0.474. The molecule has 3 N–H and O–H groups in total. The van der Waals surface area contributed by atoms with E-state index >= 15 is 0 Å². The monoisotopic (exact) mass is 378 g/mol. The molecule has 1 aromatic carbocycles. The molecule has 0 aliphatic carbocycles. The molecule has 27 heavy (non-hydrogen) atoms. The topological polar surface area (TPSA) is 106 Å². The lowest BCUT2D eigenvalue weighted by molar-refractivity contribution is -0.130. The minimum Gasteiger partial charge on any atom is -0.496 e. The Morgan fingerprint density at radius 2 is 1.96 bits per heavy atom. The van der Waals surface area contributed by atoms with E-state index < -0.39 is 18.2 Å². The van der Waals surface area contributed by atoms with Crippen molar-refractivity contribution < 1.29 is 28.9 Å². The summed E-state index contributed by atoms with van der Waals surface area (Å²) in [6, 6.07) is 6.98. The summed E-state index contributed by atoms with van der Waals surface area (Å²) in [5.74, 6) is 0.220. The summed E-state index contributed by atoms with van der Waals surface area (Å²) in [5.41, 5.74) is 0.877. The Bertz CT molecular complexity index is 663. The van der Waals surface area contributed by atoms with Crippen molar-refractivity contribution in [2.24, 2.45) is 0 Å². The van der Waals surface area contributed by atoms with Gasteiger partial charge >= 0.3 is 0 Å². The molecule has 0 spiro atoms. The number of carbonyl (C=O) groups is 2. The number of benzene rings is 1. The largest absolute Gasteiger partial charge is 0.496 e. The summed E-state index contributed by atoms with van der Waals surface area (Å²) in [4.78, 5) is 23.8. The van der Waals surface area contributed by atoms with Gasteiger partial charge in [0.05, 0.1) is 32.3 Å². The summed E-state index contributed by atoms with van der Waals surface area (Å²) >= 11 is 0. The molecule has 2 rings (SSSR count). The number of para-hydroxylation sites is 1. The number of nitrogens with one attached hydrogen (secondary N) is 2. The van der Waals surface area contributed by atoms with Gasteiger partial charge in [0.25, 0.3) is 0 Å². The Kier molecular flexibility index (Phi) is 8.25. The Hall–Kier alpha value is -2.42. The van der Waals surface area contributed by atoms with Crippen LogP contribution in [-0.2, 0) is 25.6 Å². The van der Waals surface area contributed by atoms with Gasteiger partial charge in [0.2, 0.25) is 11.8 Å². The van der Waals surface area contributed by atoms with E-state index in [-0.39, 0.29) is 31.4 Å². The van der Waals surface area contributed by atoms with Gasteiger partial charge < -0.3 is 30.0 Å². The van der Waals surface area contributed by atoms with E-state index in [2.05, 4.69) is 10.6 Å². The number of aliphatic hydroxyl groups excluding tert-OH is 1. The quantitative estimate of drug-likeness (QED) is 0.528. The van der Waals surface area contributed by atoms with Gasteiger partial charge in [-0.05, 0) is 6.07 Å². The van der Waals surface area contributed by atoms with Gasteiger partial charge in [-0.3, -0.25) is 9.59 Å². The minimum atomic E-state index is -0.622. The molecule has 8 nitrogen and oxygen atoms in total. The zero-order valence-electron chi connectivity index (χ0n) is 15.5. The Balaban J connectivity index is 1.86. The molecule has 0 saturated carbocycles. The van der Waals surface area contributed by atoms with E-state index in [1.54, 1.807) is 19.3 Å². The van der Waals surface area contributed by atoms with Gasteiger partial charge in [0.15, 0.2) is 0 Å². The third kappa shape index (κ3) is 6.35. The first-order valence-corrected chi connectivity index (χ1v) is 8.69. The molecule has 8 heteroatoms. The second kappa shape index (κ2) is 10.7. The maximum atomic E-state index is 12.2. The van der Waals surface area contributed by atoms with Crippen molar-refractivity contribution in [3.05, 3.63) is 42.0 Å². The number of ether oxygens (including phenoxy) is 3. The molecule has 0 unspecified atom stereocenters. The fourth-order valence-electron chi connectivity index (χ4n) is 2.79. The van der Waals surface area contributed by atoms with Crippen LogP contribution in [0.15, 0.2) is 36.4 Å². The van der Waals surface area contributed by atoms with E-state index in [4.69, 9.17) is 14.2 Å². The smallest absolute Gasteiger partial charge is 0.246 e. The van der Waals surface area contributed by atoms with Crippen molar-refractivity contribution in [2.45, 2.75) is 31.2 Å². The number of aliphatic hydroxyl groups is 1. The minimum absolute atomic E-state index is 0.0722. The Labute approximate surface area is 158 Å². The van der Waals surface area contributed by atoms with Crippen LogP contribution >= 0.6 is 0 Å². The fourth-order valence-corrected chi connectivity index (χ4v) is 2.79. The maximum absolute atomic E-state index is 12.2. The zero-order valence-corrected chi connectivity index (χ0v) is 15.5. The van der Waals surface area contributed by atoms with Gasteiger partial charge in [-0.1, -0.05) is 30.4 Å². The zero-order chi connectivity index (χ0) is 19.6. The van der Waals surface area contributed by atoms with Gasteiger partial charge in [0.1, 0.15) is 18.5 Å². The van der Waals surface area contributed by atoms with Crippen molar-refractivity contribution in [3.63, 3.8) is 0 Å². The molecule has 0 radical (unpaired) electrons. The predicted molar refractivity (Wildman–Crippen MR) is 98.2 cm³/mol. The molecule has 2 amide bonds. The highest BCUT2D eigenvalue weighted by molar-refractivity contribution is 5.78. The van der Waals surface area contributed by atoms with Gasteiger partial charge in [0, 0.05) is 19.2 Å². The second-order valence-electron chi connectivity index (χ2n) is 6.10. The number of hydrogen-bond acceptors (Lipinski definition) is 6. The average molecular weight is 378 g/mol. The summed E-state index contributed by atoms with van der Waals surface area (Å²) in [7, 11) is 3.01. The van der Waals surface area contributed by atoms with Crippen LogP contribution in [0, 0.1) is 0 Å². The third-order valence-electron chi connectivity index (χ3n) is 4.12. The second-order valence-corrected chi connectivity index (χ2v) is 6.10. The Morgan fingerprint density at radius 1 is 1.19 bits per heavy atom. The van der Waals surface area contributed by atoms with Crippen LogP contribution < -0.4 is 15.4 Å². The molecule has 0 bridgehead atoms. The van der Waals surface area contributed by atoms with E-state index in [0.717, 1.165) is 5.56 Å². The van der Waals surface area contributed by atoms with Crippen molar-refractivity contribution >= 4 is 11.8 Å². The van der Waals surface area contributed by atoms with Crippen molar-refractivity contribution in [3.8, 4) is 5.75 Å². The van der Waals surface area contributed by atoms with Crippen LogP contribution in [0.3, 0.4) is 0 Å². The van der Waals surface area contributed by atoms with E-state index in [9.17, 15) is 14.7 Å². The lowest BCUT2D eigenvalue weighted by Crippen LogP contribution is -2.49. The molecule has 0 fully saturated rings. The highest BCUT2D eigenvalue weighted by atomic mass is 16.5. The first kappa shape index (κ1) is 20.9. The predicted octanol–water partition coefficient (Wildman–Crippen LogP) is 0.149. The summed E-state index contributed by atoms with van der Waals surface area (Å²) in [6.07, 6.45) is 2.46. The maximum Gasteiger partial charge on any atom is 0.246 e. The Morgan fingerprint density at radius 3 is 2.67 bits per heavy atom. The lowest BCUT2D eigenvalue weighted by Gasteiger charge is -2.31. The number of rotatable bonds is 9. The highest BCUT2D eigenvalue weighted by Crippen LogP contribution is 2.18. The standard InChI is InChI=1S/C19H26N2O6/c1-25-12-19(24)21-15-8-7-14(27-17(15)11-22)9-18(23)20-10-13-5-3-4-6-16(13)26-2/h3-8,14-15,17,22H,9-12H2,1-2H3,(H,20,23)(H,21,24)/t14-,15+,17+/m0/s1. The van der Waals surface area contributed by atoms with E-state index in [1.807, 2.05) is 24.3 Å². The molecule has 1 aliphatic rings. The number of carbonyl (C=O) groups excluding carboxylic acids is 2. The molecule has 0 aromatic heterocycles. The molecule has 148 valence electrons. The molecule has 3 atom stereocenters. The molecule has 1 heterocycles. The van der Waals surface area contributed by atoms with Gasteiger partial charge in [-0.25, -0.2) is 0 Å². The number of amides is 2. The summed E-state index contributed by atoms with van der Waals surface area (Å²) < 4.78 is 15.7. The SMILES string of the molecule is COCC(=O)N[C@@H]1C=C[C@@H](CC(=O)NCc2ccccc2OC)O[C@@H]1CO. The first-order valence-electron chi connectivity index (χ1n) is 8.69. The van der Waals surface area contributed by atoms with Gasteiger partial charge in [-0.2, -0.15) is 0 Å². The normalized spacial score (nSPS) is 21.5. The number of hydrogen-bond donors (Lipinski definition) is 3. The average Bonchev–Trinajstić information content (AvgIpc) is 2.68. The van der Waals surface area contributed by atoms with Crippen LogP contribution in [0.2, 0.25) is 0 Å². The molecular formula is C19H26N2O6. The summed E-state index contributed by atoms with van der Waals surface area (Å²) in [6.45, 7) is -0.00270. The van der Waals surface area contributed by atoms with Crippen LogP contribution in [0.25, 0.3) is 0 Å².